The molecule has 0 radical (unpaired) electrons. The van der Waals surface area contributed by atoms with Crippen molar-refractivity contribution in [1.29, 1.82) is 0 Å². The lowest BCUT2D eigenvalue weighted by Gasteiger charge is -2.03. The minimum Gasteiger partial charge on any atom is -0.460 e. The van der Waals surface area contributed by atoms with Crippen LogP contribution in [0.2, 0.25) is 0 Å². The molecule has 0 aliphatic carbocycles. The molecule has 0 spiro atoms. The van der Waals surface area contributed by atoms with Crippen LogP contribution in [0.3, 0.4) is 0 Å². The highest BCUT2D eigenvalue weighted by molar-refractivity contribution is 5.62. The Labute approximate surface area is 89.7 Å². The molecule has 0 saturated carbocycles. The van der Waals surface area contributed by atoms with Crippen molar-refractivity contribution < 1.29 is 4.42 Å². The molecule has 2 heteroatoms. The lowest BCUT2D eigenvalue weighted by atomic mass is 10.0. The van der Waals surface area contributed by atoms with Gasteiger partial charge in [-0.2, -0.15) is 0 Å². The summed E-state index contributed by atoms with van der Waals surface area (Å²) in [7, 11) is 0. The molecule has 2 aromatic rings. The van der Waals surface area contributed by atoms with Crippen LogP contribution in [0.25, 0.3) is 11.3 Å². The highest BCUT2D eigenvalue weighted by Crippen LogP contribution is 2.25. The zero-order chi connectivity index (χ0) is 10.7. The van der Waals surface area contributed by atoms with Crippen LogP contribution in [0, 0.1) is 0 Å². The molecule has 0 atom stereocenters. The minimum absolute atomic E-state index is 0.453. The van der Waals surface area contributed by atoms with Crippen molar-refractivity contribution in [2.75, 3.05) is 0 Å². The molecule has 0 amide bonds. The van der Waals surface area contributed by atoms with Crippen LogP contribution in [0.4, 0.5) is 0 Å². The average Bonchev–Trinajstić information content (AvgIpc) is 2.77. The van der Waals surface area contributed by atoms with E-state index in [9.17, 15) is 0 Å². The number of aryl methyl sites for hydroxylation is 1. The minimum atomic E-state index is 0.453. The molecule has 2 rings (SSSR count). The molecule has 2 N–H and O–H groups in total. The summed E-state index contributed by atoms with van der Waals surface area (Å²) >= 11 is 0. The summed E-state index contributed by atoms with van der Waals surface area (Å²) in [6.07, 6.45) is 1.01. The van der Waals surface area contributed by atoms with Crippen molar-refractivity contribution in [2.45, 2.75) is 19.9 Å². The lowest BCUT2D eigenvalue weighted by Crippen LogP contribution is -1.92. The number of benzene rings is 1. The van der Waals surface area contributed by atoms with Gasteiger partial charge in [0.15, 0.2) is 0 Å². The highest BCUT2D eigenvalue weighted by Gasteiger charge is 2.06. The fourth-order valence-electron chi connectivity index (χ4n) is 1.70. The Bertz CT molecular complexity index is 445. The molecule has 0 aliphatic rings. The van der Waals surface area contributed by atoms with Crippen molar-refractivity contribution >= 4 is 0 Å². The summed E-state index contributed by atoms with van der Waals surface area (Å²) in [5.74, 6) is 1.74. The number of furan rings is 1. The second kappa shape index (κ2) is 4.32. The summed E-state index contributed by atoms with van der Waals surface area (Å²) in [6, 6.07) is 12.2. The van der Waals surface area contributed by atoms with Crippen molar-refractivity contribution in [3.63, 3.8) is 0 Å². The van der Waals surface area contributed by atoms with Crippen molar-refractivity contribution in [2.24, 2.45) is 5.73 Å². The van der Waals surface area contributed by atoms with Crippen molar-refractivity contribution in [1.82, 2.24) is 0 Å². The van der Waals surface area contributed by atoms with E-state index in [4.69, 9.17) is 10.2 Å². The second-order valence-electron chi connectivity index (χ2n) is 3.48. The topological polar surface area (TPSA) is 39.2 Å². The monoisotopic (exact) mass is 201 g/mol. The Morgan fingerprint density at radius 3 is 2.60 bits per heavy atom. The number of rotatable bonds is 3. The van der Waals surface area contributed by atoms with E-state index in [2.05, 4.69) is 25.1 Å². The van der Waals surface area contributed by atoms with Gasteiger partial charge in [0.1, 0.15) is 11.5 Å². The average molecular weight is 201 g/mol. The van der Waals surface area contributed by atoms with Gasteiger partial charge in [0.2, 0.25) is 0 Å². The van der Waals surface area contributed by atoms with Gasteiger partial charge in [-0.25, -0.2) is 0 Å². The molecule has 1 aromatic heterocycles. The number of nitrogens with two attached hydrogens (primary N) is 1. The van der Waals surface area contributed by atoms with Gasteiger partial charge in [-0.15, -0.1) is 0 Å². The van der Waals surface area contributed by atoms with Crippen LogP contribution in [-0.2, 0) is 13.0 Å². The molecule has 0 bridgehead atoms. The maximum absolute atomic E-state index is 5.64. The Hall–Kier alpha value is -1.54. The maximum atomic E-state index is 5.64. The van der Waals surface area contributed by atoms with E-state index in [-0.39, 0.29) is 0 Å². The van der Waals surface area contributed by atoms with E-state index >= 15 is 0 Å². The zero-order valence-electron chi connectivity index (χ0n) is 8.86. The molecule has 78 valence electrons. The van der Waals surface area contributed by atoms with E-state index in [1.54, 1.807) is 0 Å². The van der Waals surface area contributed by atoms with E-state index in [0.717, 1.165) is 17.9 Å². The molecule has 0 aliphatic heterocycles. The predicted octanol–water partition coefficient (Wildman–Crippen LogP) is 2.97. The molecule has 0 unspecified atom stereocenters. The van der Waals surface area contributed by atoms with Crippen LogP contribution in [0.5, 0.6) is 0 Å². The Morgan fingerprint density at radius 2 is 1.93 bits per heavy atom. The van der Waals surface area contributed by atoms with Gasteiger partial charge in [0.05, 0.1) is 6.54 Å². The van der Waals surface area contributed by atoms with Crippen LogP contribution in [0.1, 0.15) is 18.2 Å². The van der Waals surface area contributed by atoms with Gasteiger partial charge < -0.3 is 10.2 Å². The summed E-state index contributed by atoms with van der Waals surface area (Å²) in [5.41, 5.74) is 7.99. The van der Waals surface area contributed by atoms with Gasteiger partial charge in [0.25, 0.3) is 0 Å². The molecule has 1 heterocycles. The van der Waals surface area contributed by atoms with Crippen LogP contribution >= 0.6 is 0 Å². The predicted molar refractivity (Wildman–Crippen MR) is 61.4 cm³/mol. The maximum Gasteiger partial charge on any atom is 0.134 e. The lowest BCUT2D eigenvalue weighted by molar-refractivity contribution is 0.525. The molecule has 15 heavy (non-hydrogen) atoms. The molecule has 2 nitrogen and oxygen atoms in total. The van der Waals surface area contributed by atoms with E-state index in [1.807, 2.05) is 18.2 Å². The third kappa shape index (κ3) is 1.95. The summed E-state index contributed by atoms with van der Waals surface area (Å²) < 4.78 is 5.64. The summed E-state index contributed by atoms with van der Waals surface area (Å²) in [5, 5.41) is 0. The first kappa shape index (κ1) is 9.99. The standard InChI is InChI=1S/C13H15NO/c1-2-10-5-3-4-6-12(10)13-8-7-11(9-14)15-13/h3-8H,2,9,14H2,1H3. The largest absolute Gasteiger partial charge is 0.460 e. The van der Waals surface area contributed by atoms with Gasteiger partial charge in [0, 0.05) is 5.56 Å². The van der Waals surface area contributed by atoms with Crippen molar-refractivity contribution in [3.8, 4) is 11.3 Å². The van der Waals surface area contributed by atoms with Gasteiger partial charge in [-0.05, 0) is 24.1 Å². The molecule has 0 saturated heterocycles. The first-order valence-electron chi connectivity index (χ1n) is 5.22. The summed E-state index contributed by atoms with van der Waals surface area (Å²) in [6.45, 7) is 2.60. The summed E-state index contributed by atoms with van der Waals surface area (Å²) in [4.78, 5) is 0. The van der Waals surface area contributed by atoms with Crippen LogP contribution < -0.4 is 5.73 Å². The smallest absolute Gasteiger partial charge is 0.134 e. The second-order valence-corrected chi connectivity index (χ2v) is 3.48. The van der Waals surface area contributed by atoms with Crippen molar-refractivity contribution in [3.05, 3.63) is 47.7 Å². The highest BCUT2D eigenvalue weighted by atomic mass is 16.3. The SMILES string of the molecule is CCc1ccccc1-c1ccc(CN)o1. The van der Waals surface area contributed by atoms with Gasteiger partial charge in [-0.3, -0.25) is 0 Å². The molecule has 0 fully saturated rings. The van der Waals surface area contributed by atoms with Crippen LogP contribution in [-0.4, -0.2) is 0 Å². The number of hydrogen-bond acceptors (Lipinski definition) is 2. The van der Waals surface area contributed by atoms with E-state index in [1.165, 1.54) is 11.1 Å². The third-order valence-electron chi connectivity index (χ3n) is 2.53. The fourth-order valence-corrected chi connectivity index (χ4v) is 1.70. The van der Waals surface area contributed by atoms with E-state index < -0.39 is 0 Å². The normalized spacial score (nSPS) is 10.5. The van der Waals surface area contributed by atoms with E-state index in [0.29, 0.717) is 6.54 Å². The molecular formula is C13H15NO. The third-order valence-corrected chi connectivity index (χ3v) is 2.53. The Balaban J connectivity index is 2.44. The van der Waals surface area contributed by atoms with Gasteiger partial charge in [-0.1, -0.05) is 31.2 Å². The first-order chi connectivity index (χ1) is 7.35. The quantitative estimate of drug-likeness (QED) is 0.829. The van der Waals surface area contributed by atoms with Crippen LogP contribution in [0.15, 0.2) is 40.8 Å². The molecular weight excluding hydrogens is 186 g/mol. The Morgan fingerprint density at radius 1 is 1.13 bits per heavy atom. The zero-order valence-corrected chi connectivity index (χ0v) is 8.86. The number of hydrogen-bond donors (Lipinski definition) is 1. The molecule has 1 aromatic carbocycles. The first-order valence-corrected chi connectivity index (χ1v) is 5.22. The fraction of sp³-hybridized carbons (Fsp3) is 0.231. The van der Waals surface area contributed by atoms with Gasteiger partial charge >= 0.3 is 0 Å². The Kier molecular flexibility index (Phi) is 2.88.